The summed E-state index contributed by atoms with van der Waals surface area (Å²) in [5.74, 6) is 0.856. The molecule has 0 aromatic heterocycles. The minimum Gasteiger partial charge on any atom is -0.354 e. The van der Waals surface area contributed by atoms with E-state index in [-0.39, 0.29) is 35.9 Å². The monoisotopic (exact) mass is 398 g/mol. The van der Waals surface area contributed by atoms with Crippen molar-refractivity contribution in [3.8, 4) is 0 Å². The first-order valence-corrected chi connectivity index (χ1v) is 12.0. The number of amides is 2. The number of hydrogen-bond donors (Lipinski definition) is 2. The van der Waals surface area contributed by atoms with Crippen LogP contribution in [-0.2, 0) is 19.6 Å². The average Bonchev–Trinajstić information content (AvgIpc) is 3.30. The van der Waals surface area contributed by atoms with Crippen LogP contribution in [-0.4, -0.2) is 80.6 Å². The Morgan fingerprint density at radius 1 is 1.19 bits per heavy atom. The van der Waals surface area contributed by atoms with Gasteiger partial charge in [0.1, 0.15) is 6.04 Å². The highest BCUT2D eigenvalue weighted by Gasteiger charge is 2.46. The molecule has 8 nitrogen and oxygen atoms in total. The fraction of sp³-hybridized carbons (Fsp3) is 0.889. The van der Waals surface area contributed by atoms with Crippen molar-refractivity contribution in [2.24, 2.45) is 11.8 Å². The van der Waals surface area contributed by atoms with Gasteiger partial charge in [0, 0.05) is 44.2 Å². The van der Waals surface area contributed by atoms with Crippen molar-refractivity contribution < 1.29 is 18.0 Å². The number of piperazine rings is 1. The highest BCUT2D eigenvalue weighted by Crippen LogP contribution is 2.32. The van der Waals surface area contributed by atoms with Crippen molar-refractivity contribution >= 4 is 21.8 Å². The molecule has 2 heterocycles. The van der Waals surface area contributed by atoms with Gasteiger partial charge in [-0.05, 0) is 38.0 Å². The molecule has 0 aromatic carbocycles. The Labute approximate surface area is 161 Å². The van der Waals surface area contributed by atoms with Crippen LogP contribution in [0.2, 0.25) is 0 Å². The lowest BCUT2D eigenvalue weighted by Gasteiger charge is -2.45. The second kappa shape index (κ2) is 7.33. The standard InChI is InChI=1S/C18H30N4O4S/c1-27(25,26)20-14-7-15-11-21(9-12-3-2-4-12)16(18(24)22(15)10-14)8-19-17(23)13-5-6-13/h12-16,20H,2-11H2,1H3,(H,19,23)/t14-,15-,16-/m0/s1. The number of nitrogens with one attached hydrogen (secondary N) is 2. The van der Waals surface area contributed by atoms with Gasteiger partial charge in [-0.1, -0.05) is 6.42 Å². The number of carbonyl (C=O) groups is 2. The fourth-order valence-electron chi connectivity index (χ4n) is 4.61. The van der Waals surface area contributed by atoms with Crippen molar-refractivity contribution in [1.82, 2.24) is 19.8 Å². The van der Waals surface area contributed by atoms with Crippen molar-refractivity contribution in [2.45, 2.75) is 56.7 Å². The molecule has 152 valence electrons. The van der Waals surface area contributed by atoms with Crippen molar-refractivity contribution in [1.29, 1.82) is 0 Å². The van der Waals surface area contributed by atoms with E-state index in [1.807, 2.05) is 4.90 Å². The van der Waals surface area contributed by atoms with Gasteiger partial charge in [-0.15, -0.1) is 0 Å². The van der Waals surface area contributed by atoms with Gasteiger partial charge in [-0.2, -0.15) is 0 Å². The maximum atomic E-state index is 13.2. The topological polar surface area (TPSA) is 98.8 Å². The highest BCUT2D eigenvalue weighted by molar-refractivity contribution is 7.88. The third-order valence-electron chi connectivity index (χ3n) is 6.38. The van der Waals surface area contributed by atoms with Gasteiger partial charge < -0.3 is 10.2 Å². The summed E-state index contributed by atoms with van der Waals surface area (Å²) < 4.78 is 25.8. The molecule has 9 heteroatoms. The summed E-state index contributed by atoms with van der Waals surface area (Å²) in [6, 6.07) is -0.506. The summed E-state index contributed by atoms with van der Waals surface area (Å²) in [5, 5.41) is 2.97. The van der Waals surface area contributed by atoms with Gasteiger partial charge in [-0.25, -0.2) is 13.1 Å². The van der Waals surface area contributed by atoms with Gasteiger partial charge >= 0.3 is 0 Å². The lowest BCUT2D eigenvalue weighted by Crippen LogP contribution is -2.63. The largest absolute Gasteiger partial charge is 0.354 e. The third-order valence-corrected chi connectivity index (χ3v) is 7.15. The number of carbonyl (C=O) groups excluding carboxylic acids is 2. The average molecular weight is 399 g/mol. The summed E-state index contributed by atoms with van der Waals surface area (Å²) in [5.41, 5.74) is 0. The molecule has 2 aliphatic heterocycles. The number of hydrogen-bond acceptors (Lipinski definition) is 5. The molecule has 0 radical (unpaired) electrons. The van der Waals surface area contributed by atoms with E-state index < -0.39 is 10.0 Å². The lowest BCUT2D eigenvalue weighted by atomic mass is 9.84. The molecule has 0 spiro atoms. The van der Waals surface area contributed by atoms with Gasteiger partial charge in [0.05, 0.1) is 6.26 Å². The van der Waals surface area contributed by atoms with Crippen LogP contribution >= 0.6 is 0 Å². The normalized spacial score (nSPS) is 32.3. The van der Waals surface area contributed by atoms with E-state index in [1.54, 1.807) is 0 Å². The third kappa shape index (κ3) is 4.46. The van der Waals surface area contributed by atoms with E-state index in [0.717, 1.165) is 32.2 Å². The highest BCUT2D eigenvalue weighted by atomic mass is 32.2. The smallest absolute Gasteiger partial charge is 0.242 e. The first-order chi connectivity index (χ1) is 12.8. The second-order valence-corrected chi connectivity index (χ2v) is 10.5. The molecule has 27 heavy (non-hydrogen) atoms. The molecule has 2 saturated carbocycles. The molecule has 2 amide bonds. The summed E-state index contributed by atoms with van der Waals surface area (Å²) in [6.45, 7) is 2.42. The van der Waals surface area contributed by atoms with E-state index in [9.17, 15) is 18.0 Å². The minimum atomic E-state index is -3.29. The summed E-state index contributed by atoms with van der Waals surface area (Å²) in [6.07, 6.45) is 7.38. The SMILES string of the molecule is CS(=O)(=O)N[C@H]1C[C@H]2CN(CC3CCC3)[C@@H](CNC(=O)C3CC3)C(=O)N2C1. The van der Waals surface area contributed by atoms with Crippen LogP contribution in [0, 0.1) is 11.8 Å². The Morgan fingerprint density at radius 3 is 2.52 bits per heavy atom. The van der Waals surface area contributed by atoms with E-state index in [1.165, 1.54) is 19.3 Å². The molecule has 0 unspecified atom stereocenters. The lowest BCUT2D eigenvalue weighted by molar-refractivity contribution is -0.144. The number of nitrogens with zero attached hydrogens (tertiary/aromatic N) is 2. The summed E-state index contributed by atoms with van der Waals surface area (Å²) in [4.78, 5) is 29.3. The Morgan fingerprint density at radius 2 is 1.93 bits per heavy atom. The van der Waals surface area contributed by atoms with Crippen molar-refractivity contribution in [3.63, 3.8) is 0 Å². The Bertz CT molecular complexity index is 704. The molecule has 2 N–H and O–H groups in total. The van der Waals surface area contributed by atoms with Crippen LogP contribution < -0.4 is 10.0 Å². The minimum absolute atomic E-state index is 0.0273. The van der Waals surface area contributed by atoms with E-state index in [0.29, 0.717) is 25.4 Å². The van der Waals surface area contributed by atoms with E-state index in [4.69, 9.17) is 0 Å². The number of sulfonamides is 1. The molecule has 3 atom stereocenters. The van der Waals surface area contributed by atoms with Crippen LogP contribution in [0.3, 0.4) is 0 Å². The Hall–Kier alpha value is -1.19. The second-order valence-electron chi connectivity index (χ2n) is 8.75. The van der Waals surface area contributed by atoms with E-state index in [2.05, 4.69) is 14.9 Å². The first-order valence-electron chi connectivity index (χ1n) is 10.1. The van der Waals surface area contributed by atoms with Crippen molar-refractivity contribution in [2.75, 3.05) is 32.4 Å². The zero-order valence-electron chi connectivity index (χ0n) is 15.9. The van der Waals surface area contributed by atoms with Gasteiger partial charge in [0.2, 0.25) is 21.8 Å². The summed E-state index contributed by atoms with van der Waals surface area (Å²) in [7, 11) is -3.29. The van der Waals surface area contributed by atoms with Crippen LogP contribution in [0.5, 0.6) is 0 Å². The van der Waals surface area contributed by atoms with Gasteiger partial charge in [-0.3, -0.25) is 14.5 Å². The number of fused-ring (bicyclic) bond motifs is 1. The van der Waals surface area contributed by atoms with Crippen LogP contribution in [0.25, 0.3) is 0 Å². The summed E-state index contributed by atoms with van der Waals surface area (Å²) >= 11 is 0. The molecule has 0 aromatic rings. The molecule has 4 aliphatic rings. The van der Waals surface area contributed by atoms with E-state index >= 15 is 0 Å². The molecule has 2 aliphatic carbocycles. The quantitative estimate of drug-likeness (QED) is 0.603. The molecule has 4 fully saturated rings. The first kappa shape index (κ1) is 19.1. The predicted molar refractivity (Wildman–Crippen MR) is 100 cm³/mol. The fourth-order valence-corrected chi connectivity index (χ4v) is 5.38. The maximum Gasteiger partial charge on any atom is 0.242 e. The Kier molecular flexibility index (Phi) is 5.20. The maximum absolute atomic E-state index is 13.2. The van der Waals surface area contributed by atoms with Gasteiger partial charge in [0.25, 0.3) is 0 Å². The van der Waals surface area contributed by atoms with Crippen LogP contribution in [0.1, 0.15) is 38.5 Å². The van der Waals surface area contributed by atoms with Crippen LogP contribution in [0.4, 0.5) is 0 Å². The van der Waals surface area contributed by atoms with Gasteiger partial charge in [0.15, 0.2) is 0 Å². The molecular formula is C18H30N4O4S. The van der Waals surface area contributed by atoms with Crippen LogP contribution in [0.15, 0.2) is 0 Å². The Balaban J connectivity index is 1.43. The molecular weight excluding hydrogens is 368 g/mol. The zero-order chi connectivity index (χ0) is 19.2. The number of rotatable bonds is 7. The molecule has 2 saturated heterocycles. The predicted octanol–water partition coefficient (Wildman–Crippen LogP) is -0.484. The molecule has 0 bridgehead atoms. The van der Waals surface area contributed by atoms with Crippen molar-refractivity contribution in [3.05, 3.63) is 0 Å². The molecule has 4 rings (SSSR count). The zero-order valence-corrected chi connectivity index (χ0v) is 16.7.